The van der Waals surface area contributed by atoms with E-state index in [-0.39, 0.29) is 0 Å². The van der Waals surface area contributed by atoms with Gasteiger partial charge in [-0.2, -0.15) is 0 Å². The summed E-state index contributed by atoms with van der Waals surface area (Å²) >= 11 is 0. The number of nitrogens with two attached hydrogens (primary N) is 1. The van der Waals surface area contributed by atoms with Gasteiger partial charge in [0.25, 0.3) is 0 Å². The molecule has 0 aliphatic carbocycles. The van der Waals surface area contributed by atoms with E-state index >= 15 is 0 Å². The molecule has 0 unspecified atom stereocenters. The summed E-state index contributed by atoms with van der Waals surface area (Å²) in [5.74, 6) is 2.47. The molecule has 0 atom stereocenters. The average molecular weight is 146 g/mol. The Morgan fingerprint density at radius 2 is 2.45 bits per heavy atom. The lowest BCUT2D eigenvalue weighted by Crippen LogP contribution is -2.00. The van der Waals surface area contributed by atoms with Crippen molar-refractivity contribution in [2.24, 2.45) is 5.73 Å². The van der Waals surface area contributed by atoms with Gasteiger partial charge in [0.2, 0.25) is 0 Å². The van der Waals surface area contributed by atoms with E-state index in [0.717, 1.165) is 11.1 Å². The van der Waals surface area contributed by atoms with E-state index in [2.05, 4.69) is 10.9 Å². The summed E-state index contributed by atoms with van der Waals surface area (Å²) in [6, 6.07) is 1.86. The van der Waals surface area contributed by atoms with Crippen LogP contribution in [0.2, 0.25) is 0 Å². The van der Waals surface area contributed by atoms with E-state index in [9.17, 15) is 0 Å². The van der Waals surface area contributed by atoms with Gasteiger partial charge >= 0.3 is 0 Å². The molecule has 0 bridgehead atoms. The number of hydrogen-bond acceptors (Lipinski definition) is 2. The summed E-state index contributed by atoms with van der Waals surface area (Å²) in [5.41, 5.74) is 8.27. The van der Waals surface area contributed by atoms with Gasteiger partial charge in [-0.3, -0.25) is 0 Å². The van der Waals surface area contributed by atoms with Crippen molar-refractivity contribution in [2.75, 3.05) is 0 Å². The maximum atomic E-state index is 5.45. The predicted octanol–water partition coefficient (Wildman–Crippen LogP) is 0.830. The van der Waals surface area contributed by atoms with Gasteiger partial charge in [-0.15, -0.1) is 6.42 Å². The summed E-state index contributed by atoms with van der Waals surface area (Å²) in [7, 11) is 0. The molecule has 1 rings (SSSR count). The first-order valence-electron chi connectivity index (χ1n) is 3.40. The highest BCUT2D eigenvalue weighted by atomic mass is 14.7. The first-order valence-corrected chi connectivity index (χ1v) is 3.40. The van der Waals surface area contributed by atoms with Gasteiger partial charge in [0.1, 0.15) is 5.69 Å². The van der Waals surface area contributed by atoms with Crippen LogP contribution in [0.15, 0.2) is 12.3 Å². The van der Waals surface area contributed by atoms with Crippen LogP contribution in [-0.4, -0.2) is 4.98 Å². The summed E-state index contributed by atoms with van der Waals surface area (Å²) in [4.78, 5) is 4.01. The Morgan fingerprint density at radius 3 is 2.91 bits per heavy atom. The van der Waals surface area contributed by atoms with Crippen LogP contribution in [0.3, 0.4) is 0 Å². The Bertz CT molecular complexity index is 297. The molecule has 1 aromatic heterocycles. The van der Waals surface area contributed by atoms with Gasteiger partial charge in [0.15, 0.2) is 0 Å². The van der Waals surface area contributed by atoms with Gasteiger partial charge in [-0.1, -0.05) is 5.92 Å². The van der Waals surface area contributed by atoms with E-state index in [4.69, 9.17) is 12.2 Å². The minimum atomic E-state index is 0.518. The Hall–Kier alpha value is -1.33. The molecule has 2 N–H and O–H groups in total. The van der Waals surface area contributed by atoms with Crippen molar-refractivity contribution in [3.05, 3.63) is 29.1 Å². The second kappa shape index (κ2) is 3.18. The molecule has 11 heavy (non-hydrogen) atoms. The molecule has 0 saturated heterocycles. The smallest absolute Gasteiger partial charge is 0.113 e. The third-order valence-corrected chi connectivity index (χ3v) is 1.59. The molecular weight excluding hydrogens is 136 g/mol. The number of hydrogen-bond donors (Lipinski definition) is 1. The number of aromatic nitrogens is 1. The number of terminal acetylenes is 1. The van der Waals surface area contributed by atoms with Crippen LogP contribution in [0.25, 0.3) is 0 Å². The molecule has 0 aliphatic rings. The van der Waals surface area contributed by atoms with Crippen LogP contribution < -0.4 is 5.73 Å². The summed E-state index contributed by atoms with van der Waals surface area (Å²) in [6.07, 6.45) is 6.89. The van der Waals surface area contributed by atoms with Crippen molar-refractivity contribution in [3.63, 3.8) is 0 Å². The third-order valence-electron chi connectivity index (χ3n) is 1.59. The lowest BCUT2D eigenvalue weighted by atomic mass is 10.1. The van der Waals surface area contributed by atoms with Crippen molar-refractivity contribution in [1.82, 2.24) is 4.98 Å². The van der Waals surface area contributed by atoms with Crippen molar-refractivity contribution in [2.45, 2.75) is 13.5 Å². The number of nitrogens with zero attached hydrogens (tertiary/aromatic N) is 1. The number of aryl methyl sites for hydroxylation is 1. The summed E-state index contributed by atoms with van der Waals surface area (Å²) in [5, 5.41) is 0. The molecule has 2 heteroatoms. The second-order valence-corrected chi connectivity index (χ2v) is 2.34. The SMILES string of the molecule is C#Cc1cc(C)c(CN)cn1. The molecule has 56 valence electrons. The van der Waals surface area contributed by atoms with E-state index in [0.29, 0.717) is 12.2 Å². The zero-order chi connectivity index (χ0) is 8.27. The average Bonchev–Trinajstić information content (AvgIpc) is 2.04. The zero-order valence-corrected chi connectivity index (χ0v) is 6.46. The standard InChI is InChI=1S/C9H10N2/c1-3-9-4-7(2)8(5-10)6-11-9/h1,4,6H,5,10H2,2H3. The molecule has 0 saturated carbocycles. The highest BCUT2D eigenvalue weighted by Gasteiger charge is 1.96. The minimum Gasteiger partial charge on any atom is -0.326 e. The summed E-state index contributed by atoms with van der Waals surface area (Å²) < 4.78 is 0. The molecule has 0 amide bonds. The normalized spacial score (nSPS) is 9.18. The van der Waals surface area contributed by atoms with Crippen molar-refractivity contribution >= 4 is 0 Å². The Kier molecular flexibility index (Phi) is 2.25. The molecule has 2 nitrogen and oxygen atoms in total. The summed E-state index contributed by atoms with van der Waals surface area (Å²) in [6.45, 7) is 2.49. The van der Waals surface area contributed by atoms with Crippen molar-refractivity contribution in [3.8, 4) is 12.3 Å². The molecule has 0 aromatic carbocycles. The van der Waals surface area contributed by atoms with E-state index in [1.54, 1.807) is 6.20 Å². The highest BCUT2D eigenvalue weighted by molar-refractivity contribution is 5.32. The lowest BCUT2D eigenvalue weighted by molar-refractivity contribution is 1.02. The van der Waals surface area contributed by atoms with Crippen LogP contribution in [0.4, 0.5) is 0 Å². The maximum Gasteiger partial charge on any atom is 0.113 e. The first kappa shape index (κ1) is 7.77. The fourth-order valence-corrected chi connectivity index (χ4v) is 0.877. The van der Waals surface area contributed by atoms with Gasteiger partial charge in [-0.05, 0) is 24.1 Å². The van der Waals surface area contributed by atoms with Crippen LogP contribution >= 0.6 is 0 Å². The van der Waals surface area contributed by atoms with Crippen LogP contribution in [0, 0.1) is 19.3 Å². The molecule has 0 fully saturated rings. The Balaban J connectivity index is 3.12. The van der Waals surface area contributed by atoms with E-state index in [1.165, 1.54) is 0 Å². The van der Waals surface area contributed by atoms with E-state index < -0.39 is 0 Å². The predicted molar refractivity (Wildman–Crippen MR) is 44.8 cm³/mol. The fourth-order valence-electron chi connectivity index (χ4n) is 0.877. The van der Waals surface area contributed by atoms with Crippen molar-refractivity contribution in [1.29, 1.82) is 0 Å². The molecule has 1 aromatic rings. The Labute approximate surface area is 66.4 Å². The van der Waals surface area contributed by atoms with E-state index in [1.807, 2.05) is 13.0 Å². The maximum absolute atomic E-state index is 5.45. The van der Waals surface area contributed by atoms with Gasteiger partial charge in [0, 0.05) is 12.7 Å². The molecule has 0 spiro atoms. The molecule has 0 radical (unpaired) electrons. The monoisotopic (exact) mass is 146 g/mol. The van der Waals surface area contributed by atoms with Crippen LogP contribution in [0.5, 0.6) is 0 Å². The first-order chi connectivity index (χ1) is 5.27. The van der Waals surface area contributed by atoms with Gasteiger partial charge in [-0.25, -0.2) is 4.98 Å². The highest BCUT2D eigenvalue weighted by Crippen LogP contribution is 2.05. The lowest BCUT2D eigenvalue weighted by Gasteiger charge is -2.00. The van der Waals surface area contributed by atoms with Gasteiger partial charge in [0.05, 0.1) is 0 Å². The number of pyridine rings is 1. The fraction of sp³-hybridized carbons (Fsp3) is 0.222. The van der Waals surface area contributed by atoms with Gasteiger partial charge < -0.3 is 5.73 Å². The third kappa shape index (κ3) is 1.57. The van der Waals surface area contributed by atoms with Crippen LogP contribution in [0.1, 0.15) is 16.8 Å². The molecule has 0 aliphatic heterocycles. The molecule has 1 heterocycles. The largest absolute Gasteiger partial charge is 0.326 e. The topological polar surface area (TPSA) is 38.9 Å². The van der Waals surface area contributed by atoms with Crippen molar-refractivity contribution < 1.29 is 0 Å². The Morgan fingerprint density at radius 1 is 1.73 bits per heavy atom. The minimum absolute atomic E-state index is 0.518. The second-order valence-electron chi connectivity index (χ2n) is 2.34. The van der Waals surface area contributed by atoms with Crippen LogP contribution in [-0.2, 0) is 6.54 Å². The quantitative estimate of drug-likeness (QED) is 0.596. The number of rotatable bonds is 1. The zero-order valence-electron chi connectivity index (χ0n) is 6.46. The molecular formula is C9H10N2.